The molecule has 0 radical (unpaired) electrons. The van der Waals surface area contributed by atoms with E-state index in [1.54, 1.807) is 37.3 Å². The molecule has 1 fully saturated rings. The summed E-state index contributed by atoms with van der Waals surface area (Å²) in [6, 6.07) is 11.5. The van der Waals surface area contributed by atoms with Crippen LogP contribution in [0.1, 0.15) is 15.9 Å². The number of nitrogens with one attached hydrogen (secondary N) is 1. The van der Waals surface area contributed by atoms with Crippen LogP contribution in [-0.2, 0) is 14.8 Å². The summed E-state index contributed by atoms with van der Waals surface area (Å²) in [5, 5.41) is 3.38. The predicted molar refractivity (Wildman–Crippen MR) is 110 cm³/mol. The van der Waals surface area contributed by atoms with Gasteiger partial charge in [-0.05, 0) is 48.9 Å². The number of amides is 1. The molecule has 7 nitrogen and oxygen atoms in total. The molecule has 0 atom stereocenters. The highest BCUT2D eigenvalue weighted by atomic mass is 35.5. The molecule has 9 heteroatoms. The number of hydrogen-bond donors (Lipinski definition) is 1. The molecule has 0 saturated carbocycles. The average molecular weight is 439 g/mol. The minimum atomic E-state index is -3.66. The van der Waals surface area contributed by atoms with Crippen molar-refractivity contribution in [1.82, 2.24) is 9.62 Å². The first-order valence-electron chi connectivity index (χ1n) is 9.23. The second-order valence-corrected chi connectivity index (χ2v) is 8.93. The van der Waals surface area contributed by atoms with Gasteiger partial charge >= 0.3 is 0 Å². The van der Waals surface area contributed by atoms with Crippen LogP contribution in [0.4, 0.5) is 0 Å². The Hall–Kier alpha value is -2.13. The van der Waals surface area contributed by atoms with Gasteiger partial charge in [0.25, 0.3) is 5.91 Å². The van der Waals surface area contributed by atoms with E-state index in [1.807, 2.05) is 0 Å². The molecule has 3 rings (SSSR count). The lowest BCUT2D eigenvalue weighted by Crippen LogP contribution is -2.40. The summed E-state index contributed by atoms with van der Waals surface area (Å²) in [7, 11) is -3.66. The molecule has 1 saturated heterocycles. The van der Waals surface area contributed by atoms with E-state index in [2.05, 4.69) is 5.32 Å². The van der Waals surface area contributed by atoms with Crippen LogP contribution < -0.4 is 10.1 Å². The van der Waals surface area contributed by atoms with E-state index in [0.717, 1.165) is 0 Å². The van der Waals surface area contributed by atoms with Crippen LogP contribution in [0.15, 0.2) is 47.4 Å². The second-order valence-electron chi connectivity index (χ2n) is 6.55. The Labute approximate surface area is 175 Å². The molecule has 1 N–H and O–H groups in total. The maximum atomic E-state index is 12.8. The van der Waals surface area contributed by atoms with Gasteiger partial charge in [-0.1, -0.05) is 17.7 Å². The van der Waals surface area contributed by atoms with Gasteiger partial charge in [0.1, 0.15) is 12.4 Å². The lowest BCUT2D eigenvalue weighted by Gasteiger charge is -2.26. The fraction of sp³-hybridized carbons (Fsp3) is 0.350. The van der Waals surface area contributed by atoms with Crippen LogP contribution in [0.5, 0.6) is 5.75 Å². The number of carbonyl (C=O) groups excluding carboxylic acids is 1. The molecule has 0 aliphatic carbocycles. The zero-order chi connectivity index (χ0) is 20.9. The SMILES string of the molecule is Cc1ccc(S(=O)(=O)N2CCOCC2)cc1C(=O)NCCOc1ccc(Cl)cc1. The maximum absolute atomic E-state index is 12.8. The van der Waals surface area contributed by atoms with Crippen molar-refractivity contribution in [2.45, 2.75) is 11.8 Å². The van der Waals surface area contributed by atoms with Gasteiger partial charge in [-0.3, -0.25) is 4.79 Å². The molecule has 1 aliphatic rings. The minimum Gasteiger partial charge on any atom is -0.492 e. The Bertz CT molecular complexity index is 957. The number of sulfonamides is 1. The summed E-state index contributed by atoms with van der Waals surface area (Å²) >= 11 is 5.83. The lowest BCUT2D eigenvalue weighted by atomic mass is 10.1. The van der Waals surface area contributed by atoms with Crippen LogP contribution in [0.3, 0.4) is 0 Å². The number of hydrogen-bond acceptors (Lipinski definition) is 5. The third-order valence-corrected chi connectivity index (χ3v) is 6.68. The molecule has 0 unspecified atom stereocenters. The smallest absolute Gasteiger partial charge is 0.251 e. The van der Waals surface area contributed by atoms with Gasteiger partial charge in [-0.15, -0.1) is 0 Å². The van der Waals surface area contributed by atoms with E-state index in [9.17, 15) is 13.2 Å². The zero-order valence-corrected chi connectivity index (χ0v) is 17.6. The number of rotatable bonds is 7. The topological polar surface area (TPSA) is 84.9 Å². The predicted octanol–water partition coefficient (Wildman–Crippen LogP) is 2.48. The van der Waals surface area contributed by atoms with E-state index < -0.39 is 10.0 Å². The van der Waals surface area contributed by atoms with E-state index >= 15 is 0 Å². The number of halogens is 1. The van der Waals surface area contributed by atoms with Crippen LogP contribution >= 0.6 is 11.6 Å². The standard InChI is InChI=1S/C20H23ClN2O5S/c1-15-2-7-18(29(25,26)23-9-12-27-13-10-23)14-19(15)20(24)22-8-11-28-17-5-3-16(21)4-6-17/h2-7,14H,8-13H2,1H3,(H,22,24). The first-order chi connectivity index (χ1) is 13.9. The quantitative estimate of drug-likeness (QED) is 0.671. The molecule has 1 amide bonds. The van der Waals surface area contributed by atoms with Crippen molar-refractivity contribution >= 4 is 27.5 Å². The van der Waals surface area contributed by atoms with Crippen molar-refractivity contribution in [1.29, 1.82) is 0 Å². The third-order valence-electron chi connectivity index (χ3n) is 4.53. The van der Waals surface area contributed by atoms with Crippen LogP contribution in [-0.4, -0.2) is 58.1 Å². The highest BCUT2D eigenvalue weighted by Crippen LogP contribution is 2.21. The molecule has 29 heavy (non-hydrogen) atoms. The van der Waals surface area contributed by atoms with Gasteiger partial charge in [0, 0.05) is 23.7 Å². The summed E-state index contributed by atoms with van der Waals surface area (Å²) in [4.78, 5) is 12.7. The monoisotopic (exact) mass is 438 g/mol. The van der Waals surface area contributed by atoms with Crippen LogP contribution in [0.25, 0.3) is 0 Å². The van der Waals surface area contributed by atoms with Gasteiger partial charge in [0.15, 0.2) is 0 Å². The van der Waals surface area contributed by atoms with Crippen molar-refractivity contribution in [2.24, 2.45) is 0 Å². The summed E-state index contributed by atoms with van der Waals surface area (Å²) in [6.07, 6.45) is 0. The number of carbonyl (C=O) groups is 1. The number of ether oxygens (including phenoxy) is 2. The molecule has 156 valence electrons. The minimum absolute atomic E-state index is 0.104. The molecule has 1 heterocycles. The molecule has 2 aromatic carbocycles. The van der Waals surface area contributed by atoms with Gasteiger partial charge in [-0.25, -0.2) is 8.42 Å². The van der Waals surface area contributed by atoms with E-state index in [1.165, 1.54) is 16.4 Å². The molecule has 0 bridgehead atoms. The first kappa shape index (κ1) is 21.6. The van der Waals surface area contributed by atoms with Crippen LogP contribution in [0, 0.1) is 6.92 Å². The summed E-state index contributed by atoms with van der Waals surface area (Å²) in [6.45, 7) is 3.67. The molecule has 0 spiro atoms. The van der Waals surface area contributed by atoms with Crippen molar-refractivity contribution in [3.63, 3.8) is 0 Å². The molecule has 1 aliphatic heterocycles. The molecular formula is C20H23ClN2O5S. The van der Waals surface area contributed by atoms with Gasteiger partial charge in [-0.2, -0.15) is 4.31 Å². The third kappa shape index (κ3) is 5.48. The largest absolute Gasteiger partial charge is 0.492 e. The Balaban J connectivity index is 1.62. The first-order valence-corrected chi connectivity index (χ1v) is 11.0. The summed E-state index contributed by atoms with van der Waals surface area (Å²) < 4.78 is 37.8. The van der Waals surface area contributed by atoms with Crippen LogP contribution in [0.2, 0.25) is 5.02 Å². The number of benzene rings is 2. The number of nitrogens with zero attached hydrogens (tertiary/aromatic N) is 1. The molecule has 0 aromatic heterocycles. The maximum Gasteiger partial charge on any atom is 0.251 e. The highest BCUT2D eigenvalue weighted by molar-refractivity contribution is 7.89. The number of aryl methyl sites for hydroxylation is 1. The van der Waals surface area contributed by atoms with Crippen molar-refractivity contribution in [3.05, 3.63) is 58.6 Å². The fourth-order valence-electron chi connectivity index (χ4n) is 2.90. The summed E-state index contributed by atoms with van der Waals surface area (Å²) in [5.41, 5.74) is 1.02. The highest BCUT2D eigenvalue weighted by Gasteiger charge is 2.27. The molecule has 2 aromatic rings. The Morgan fingerprint density at radius 2 is 1.86 bits per heavy atom. The fourth-order valence-corrected chi connectivity index (χ4v) is 4.46. The Morgan fingerprint density at radius 3 is 2.55 bits per heavy atom. The number of morpholine rings is 1. The van der Waals surface area contributed by atoms with E-state index in [4.69, 9.17) is 21.1 Å². The van der Waals surface area contributed by atoms with Crippen molar-refractivity contribution in [3.8, 4) is 5.75 Å². The van der Waals surface area contributed by atoms with E-state index in [-0.39, 0.29) is 24.0 Å². The Kier molecular flexibility index (Phi) is 7.13. The second kappa shape index (κ2) is 9.58. The van der Waals surface area contributed by atoms with Gasteiger partial charge in [0.05, 0.1) is 24.7 Å². The zero-order valence-electron chi connectivity index (χ0n) is 16.1. The normalized spacial score (nSPS) is 15.1. The van der Waals surface area contributed by atoms with Crippen molar-refractivity contribution in [2.75, 3.05) is 39.5 Å². The van der Waals surface area contributed by atoms with Gasteiger partial charge in [0.2, 0.25) is 10.0 Å². The van der Waals surface area contributed by atoms with Gasteiger partial charge < -0.3 is 14.8 Å². The average Bonchev–Trinajstić information content (AvgIpc) is 2.73. The lowest BCUT2D eigenvalue weighted by molar-refractivity contribution is 0.0730. The summed E-state index contributed by atoms with van der Waals surface area (Å²) in [5.74, 6) is 0.305. The van der Waals surface area contributed by atoms with E-state index in [0.29, 0.717) is 48.2 Å². The molecular weight excluding hydrogens is 416 g/mol. The Morgan fingerprint density at radius 1 is 1.17 bits per heavy atom. The van der Waals surface area contributed by atoms with Crippen molar-refractivity contribution < 1.29 is 22.7 Å².